The molecule has 0 saturated heterocycles. The summed E-state index contributed by atoms with van der Waals surface area (Å²) >= 11 is 5.90. The zero-order valence-electron chi connectivity index (χ0n) is 10.5. The molecule has 4 N–H and O–H groups in total. The lowest BCUT2D eigenvalue weighted by molar-refractivity contribution is 0.397. The molecule has 0 aliphatic rings. The van der Waals surface area contributed by atoms with Gasteiger partial charge in [-0.1, -0.05) is 17.7 Å². The fourth-order valence-electron chi connectivity index (χ4n) is 1.78. The summed E-state index contributed by atoms with van der Waals surface area (Å²) in [6.45, 7) is 0. The lowest BCUT2D eigenvalue weighted by atomic mass is 10.0. The molecule has 2 heterocycles. The van der Waals surface area contributed by atoms with Crippen LogP contribution in [0.15, 0.2) is 30.6 Å². The molecule has 0 saturated carbocycles. The minimum absolute atomic E-state index is 0.276. The van der Waals surface area contributed by atoms with Crippen LogP contribution in [0.5, 0.6) is 5.88 Å². The van der Waals surface area contributed by atoms with Gasteiger partial charge in [-0.2, -0.15) is 0 Å². The van der Waals surface area contributed by atoms with E-state index in [-0.39, 0.29) is 6.04 Å². The van der Waals surface area contributed by atoms with Crippen LogP contribution in [0.3, 0.4) is 0 Å². The second kappa shape index (κ2) is 5.86. The van der Waals surface area contributed by atoms with E-state index < -0.39 is 0 Å². The summed E-state index contributed by atoms with van der Waals surface area (Å²) in [5.74, 6) is 0.972. The third kappa shape index (κ3) is 3.33. The maximum Gasteiger partial charge on any atom is 0.212 e. The van der Waals surface area contributed by atoms with Crippen molar-refractivity contribution in [1.82, 2.24) is 9.97 Å². The van der Waals surface area contributed by atoms with Crippen LogP contribution < -0.4 is 16.2 Å². The van der Waals surface area contributed by atoms with Crippen molar-refractivity contribution < 1.29 is 4.74 Å². The van der Waals surface area contributed by atoms with Crippen molar-refractivity contribution >= 4 is 17.4 Å². The molecular formula is C13H15ClN4O. The van der Waals surface area contributed by atoms with Gasteiger partial charge >= 0.3 is 0 Å². The molecule has 6 heteroatoms. The van der Waals surface area contributed by atoms with Crippen LogP contribution >= 0.6 is 11.6 Å². The summed E-state index contributed by atoms with van der Waals surface area (Å²) < 4.78 is 5.00. The molecule has 0 aliphatic heterocycles. The Morgan fingerprint density at radius 2 is 2.11 bits per heavy atom. The molecule has 5 nitrogen and oxygen atoms in total. The Morgan fingerprint density at radius 1 is 1.32 bits per heavy atom. The third-order valence-electron chi connectivity index (χ3n) is 2.78. The fraction of sp³-hybridized carbons (Fsp3) is 0.231. The van der Waals surface area contributed by atoms with E-state index in [1.54, 1.807) is 25.4 Å². The lowest BCUT2D eigenvalue weighted by Crippen LogP contribution is -2.16. The molecule has 0 aliphatic carbocycles. The number of aromatic nitrogens is 2. The zero-order valence-corrected chi connectivity index (χ0v) is 11.3. The van der Waals surface area contributed by atoms with Gasteiger partial charge < -0.3 is 16.2 Å². The Hall–Kier alpha value is -1.85. The maximum absolute atomic E-state index is 6.13. The van der Waals surface area contributed by atoms with Gasteiger partial charge in [-0.3, -0.25) is 0 Å². The van der Waals surface area contributed by atoms with Gasteiger partial charge in [0.2, 0.25) is 5.88 Å². The summed E-state index contributed by atoms with van der Waals surface area (Å²) in [6, 6.07) is 5.17. The molecule has 1 atom stereocenters. The molecule has 0 radical (unpaired) electrons. The number of nitrogen functional groups attached to an aromatic ring is 1. The maximum atomic E-state index is 6.13. The molecule has 2 aromatic heterocycles. The van der Waals surface area contributed by atoms with Crippen LogP contribution in [0.1, 0.15) is 17.2 Å². The number of hydrogen-bond donors (Lipinski definition) is 2. The fourth-order valence-corrected chi connectivity index (χ4v) is 1.95. The molecular weight excluding hydrogens is 264 g/mol. The lowest BCUT2D eigenvalue weighted by Gasteiger charge is -2.14. The van der Waals surface area contributed by atoms with E-state index in [9.17, 15) is 0 Å². The summed E-state index contributed by atoms with van der Waals surface area (Å²) in [4.78, 5) is 8.13. The highest BCUT2D eigenvalue weighted by molar-refractivity contribution is 6.30. The minimum atomic E-state index is -0.276. The zero-order chi connectivity index (χ0) is 13.8. The number of nitrogens with zero attached hydrogens (tertiary/aromatic N) is 2. The van der Waals surface area contributed by atoms with E-state index in [1.165, 1.54) is 6.20 Å². The van der Waals surface area contributed by atoms with Gasteiger partial charge in [0.25, 0.3) is 0 Å². The van der Waals surface area contributed by atoms with Crippen molar-refractivity contribution in [3.63, 3.8) is 0 Å². The van der Waals surface area contributed by atoms with Gasteiger partial charge in [-0.15, -0.1) is 0 Å². The van der Waals surface area contributed by atoms with Gasteiger partial charge in [0, 0.05) is 30.1 Å². The van der Waals surface area contributed by atoms with Gasteiger partial charge in [0.1, 0.15) is 5.82 Å². The van der Waals surface area contributed by atoms with Crippen molar-refractivity contribution in [3.05, 3.63) is 46.7 Å². The topological polar surface area (TPSA) is 87.0 Å². The Morgan fingerprint density at radius 3 is 2.74 bits per heavy atom. The second-order valence-electron chi connectivity index (χ2n) is 4.15. The summed E-state index contributed by atoms with van der Waals surface area (Å²) in [6.07, 6.45) is 3.83. The highest BCUT2D eigenvalue weighted by Gasteiger charge is 2.12. The van der Waals surface area contributed by atoms with Gasteiger partial charge in [-0.25, -0.2) is 9.97 Å². The van der Waals surface area contributed by atoms with Crippen molar-refractivity contribution in [3.8, 4) is 5.88 Å². The summed E-state index contributed by atoms with van der Waals surface area (Å²) in [5.41, 5.74) is 13.7. The van der Waals surface area contributed by atoms with E-state index in [0.29, 0.717) is 23.1 Å². The molecule has 0 spiro atoms. The third-order valence-corrected chi connectivity index (χ3v) is 2.98. The molecule has 19 heavy (non-hydrogen) atoms. The molecule has 0 amide bonds. The van der Waals surface area contributed by atoms with E-state index in [2.05, 4.69) is 9.97 Å². The van der Waals surface area contributed by atoms with Crippen molar-refractivity contribution in [2.75, 3.05) is 12.8 Å². The van der Waals surface area contributed by atoms with E-state index in [0.717, 1.165) is 11.1 Å². The molecule has 2 rings (SSSR count). The number of halogens is 1. The first-order valence-electron chi connectivity index (χ1n) is 5.75. The standard InChI is InChI=1S/C13H15ClN4O/c1-19-12-3-2-8(6-17-12)4-11(15)10-5-9(14)7-18-13(10)16/h2-3,5-7,11H,4,15H2,1H3,(H2,16,18). The van der Waals surface area contributed by atoms with Crippen LogP contribution in [-0.4, -0.2) is 17.1 Å². The average Bonchev–Trinajstić information content (AvgIpc) is 2.42. The van der Waals surface area contributed by atoms with Crippen LogP contribution in [0, 0.1) is 0 Å². The molecule has 0 fully saturated rings. The van der Waals surface area contributed by atoms with Crippen LogP contribution in [0.25, 0.3) is 0 Å². The average molecular weight is 279 g/mol. The summed E-state index contributed by atoms with van der Waals surface area (Å²) in [7, 11) is 1.58. The van der Waals surface area contributed by atoms with Crippen molar-refractivity contribution in [2.24, 2.45) is 5.73 Å². The second-order valence-corrected chi connectivity index (χ2v) is 4.58. The number of hydrogen-bond acceptors (Lipinski definition) is 5. The van der Waals surface area contributed by atoms with Gasteiger partial charge in [0.15, 0.2) is 0 Å². The Labute approximate surface area is 116 Å². The highest BCUT2D eigenvalue weighted by Crippen LogP contribution is 2.23. The molecule has 0 aromatic carbocycles. The number of pyridine rings is 2. The number of methoxy groups -OCH3 is 1. The minimum Gasteiger partial charge on any atom is -0.481 e. The van der Waals surface area contributed by atoms with Crippen molar-refractivity contribution in [1.29, 1.82) is 0 Å². The number of rotatable bonds is 4. The monoisotopic (exact) mass is 278 g/mol. The quantitative estimate of drug-likeness (QED) is 0.893. The predicted molar refractivity (Wildman–Crippen MR) is 75.1 cm³/mol. The first-order valence-corrected chi connectivity index (χ1v) is 6.13. The van der Waals surface area contributed by atoms with Crippen LogP contribution in [0.2, 0.25) is 5.02 Å². The van der Waals surface area contributed by atoms with Crippen LogP contribution in [0.4, 0.5) is 5.82 Å². The van der Waals surface area contributed by atoms with Gasteiger partial charge in [0.05, 0.1) is 12.1 Å². The Bertz CT molecular complexity index is 559. The SMILES string of the molecule is COc1ccc(CC(N)c2cc(Cl)cnc2N)cn1. The largest absolute Gasteiger partial charge is 0.481 e. The first-order chi connectivity index (χ1) is 9.10. The number of nitrogens with two attached hydrogens (primary N) is 2. The Kier molecular flexibility index (Phi) is 4.19. The summed E-state index contributed by atoms with van der Waals surface area (Å²) in [5, 5.41) is 0.521. The Balaban J connectivity index is 2.15. The van der Waals surface area contributed by atoms with Crippen molar-refractivity contribution in [2.45, 2.75) is 12.5 Å². The highest BCUT2D eigenvalue weighted by atomic mass is 35.5. The van der Waals surface area contributed by atoms with Gasteiger partial charge in [-0.05, 0) is 18.1 Å². The number of anilines is 1. The first kappa shape index (κ1) is 13.6. The van der Waals surface area contributed by atoms with E-state index in [1.807, 2.05) is 6.07 Å². The van der Waals surface area contributed by atoms with Crippen LogP contribution in [-0.2, 0) is 6.42 Å². The molecule has 2 aromatic rings. The molecule has 0 bridgehead atoms. The predicted octanol–water partition coefficient (Wildman–Crippen LogP) is 1.96. The van der Waals surface area contributed by atoms with E-state index in [4.69, 9.17) is 27.8 Å². The normalized spacial score (nSPS) is 12.2. The molecule has 1 unspecified atom stereocenters. The van der Waals surface area contributed by atoms with E-state index >= 15 is 0 Å². The number of ether oxygens (including phenoxy) is 1. The smallest absolute Gasteiger partial charge is 0.212 e. The molecule has 100 valence electrons.